The summed E-state index contributed by atoms with van der Waals surface area (Å²) in [5.41, 5.74) is 6.13. The van der Waals surface area contributed by atoms with Gasteiger partial charge in [-0.3, -0.25) is 28.9 Å². The molecule has 0 radical (unpaired) electrons. The van der Waals surface area contributed by atoms with E-state index in [2.05, 4.69) is 21.3 Å². The highest BCUT2D eigenvalue weighted by atomic mass is 19.1. The van der Waals surface area contributed by atoms with Crippen molar-refractivity contribution >= 4 is 47.3 Å². The predicted octanol–water partition coefficient (Wildman–Crippen LogP) is 5.29. The molecule has 7 rings (SSSR count). The first-order valence-electron chi connectivity index (χ1n) is 28.4. The number of imidazole rings is 1. The molecule has 2 fully saturated rings. The normalized spacial score (nSPS) is 18.0. The molecule has 26 heteroatoms. The van der Waals surface area contributed by atoms with Crippen molar-refractivity contribution in [2.45, 2.75) is 122 Å². The van der Waals surface area contributed by atoms with Gasteiger partial charge in [0.2, 0.25) is 11.8 Å². The molecule has 3 aliphatic heterocycles. The summed E-state index contributed by atoms with van der Waals surface area (Å²) >= 11 is 0. The number of alkyl halides is 1. The number of benzene rings is 3. The van der Waals surface area contributed by atoms with Crippen molar-refractivity contribution in [2.24, 2.45) is 23.5 Å². The Labute approximate surface area is 489 Å². The molecule has 85 heavy (non-hydrogen) atoms. The maximum atomic E-state index is 16.3. The van der Waals surface area contributed by atoms with Crippen LogP contribution < -0.4 is 27.0 Å². The molecule has 22 nitrogen and oxygen atoms in total. The molecule has 7 atom stereocenters. The van der Waals surface area contributed by atoms with Gasteiger partial charge in [0.15, 0.2) is 0 Å². The van der Waals surface area contributed by atoms with Crippen LogP contribution in [0.25, 0.3) is 11.3 Å². The van der Waals surface area contributed by atoms with Crippen molar-refractivity contribution in [1.29, 1.82) is 0 Å². The van der Waals surface area contributed by atoms with E-state index in [1.165, 1.54) is 46.9 Å². The number of unbranched alkanes of at least 4 members (excludes halogenated alkanes) is 2. The summed E-state index contributed by atoms with van der Waals surface area (Å²) in [7, 11) is 0. The molecule has 4 aromatic rings. The Hall–Kier alpha value is -8.10. The minimum Gasteiger partial charge on any atom is -0.508 e. The Morgan fingerprint density at radius 1 is 0.871 bits per heavy atom. The average Bonchev–Trinajstić information content (AvgIpc) is 1.96. The van der Waals surface area contributed by atoms with Gasteiger partial charge >= 0.3 is 12.1 Å². The third-order valence-corrected chi connectivity index (χ3v) is 15.1. The number of urea groups is 1. The number of halogens is 4. The summed E-state index contributed by atoms with van der Waals surface area (Å²) in [6.07, 6.45) is 1.02. The summed E-state index contributed by atoms with van der Waals surface area (Å²) < 4.78 is 73.8. The van der Waals surface area contributed by atoms with Crippen LogP contribution in [0, 0.1) is 35.2 Å². The molecule has 4 heterocycles. The van der Waals surface area contributed by atoms with E-state index in [9.17, 15) is 57.7 Å². The number of carbonyl (C=O) groups excluding carboxylic acids is 7. The van der Waals surface area contributed by atoms with Crippen LogP contribution in [0.3, 0.4) is 0 Å². The van der Waals surface area contributed by atoms with Crippen LogP contribution in [0.1, 0.15) is 95.1 Å². The number of carbonyl (C=O) groups is 7. The fourth-order valence-corrected chi connectivity index (χ4v) is 10.6. The van der Waals surface area contributed by atoms with Gasteiger partial charge in [-0.05, 0) is 111 Å². The first-order valence-corrected chi connectivity index (χ1v) is 28.4. The lowest BCUT2D eigenvalue weighted by Crippen LogP contribution is -2.55. The van der Waals surface area contributed by atoms with Gasteiger partial charge in [-0.15, -0.1) is 0 Å². The minimum absolute atomic E-state index is 0.0385. The fourth-order valence-electron chi connectivity index (χ4n) is 10.6. The number of likely N-dealkylation sites (tertiary alicyclic amines) is 1. The zero-order valence-corrected chi connectivity index (χ0v) is 47.6. The van der Waals surface area contributed by atoms with E-state index in [1.54, 1.807) is 38.1 Å². The number of phenols is 1. The van der Waals surface area contributed by atoms with E-state index >= 15 is 8.78 Å². The maximum absolute atomic E-state index is 16.3. The quantitative estimate of drug-likeness (QED) is 0.0155. The number of hydrogen-bond acceptors (Lipinski definition) is 14. The van der Waals surface area contributed by atoms with Crippen molar-refractivity contribution < 1.29 is 75.9 Å². The number of aliphatic hydroxyl groups is 2. The van der Waals surface area contributed by atoms with Crippen molar-refractivity contribution in [3.8, 4) is 17.0 Å². The van der Waals surface area contributed by atoms with E-state index in [1.807, 2.05) is 0 Å². The molecule has 1 aromatic heterocycles. The number of aromatic hydroxyl groups is 1. The summed E-state index contributed by atoms with van der Waals surface area (Å²) in [6.45, 7) is 4.25. The number of anilines is 1. The molecule has 9 N–H and O–H groups in total. The summed E-state index contributed by atoms with van der Waals surface area (Å²) in [4.78, 5) is 98.0. The molecule has 460 valence electrons. The Kier molecular flexibility index (Phi) is 22.8. The van der Waals surface area contributed by atoms with Crippen LogP contribution in [-0.2, 0) is 46.6 Å². The highest BCUT2D eigenvalue weighted by Crippen LogP contribution is 2.39. The smallest absolute Gasteiger partial charge is 0.410 e. The second-order valence-electron chi connectivity index (χ2n) is 21.9. The molecule has 0 saturated carbocycles. The van der Waals surface area contributed by atoms with Crippen LogP contribution >= 0.6 is 0 Å². The van der Waals surface area contributed by atoms with Gasteiger partial charge < -0.3 is 66.2 Å². The molecule has 1 unspecified atom stereocenters. The third-order valence-electron chi connectivity index (χ3n) is 15.1. The van der Waals surface area contributed by atoms with Crippen LogP contribution in [0.5, 0.6) is 5.75 Å². The van der Waals surface area contributed by atoms with Crippen molar-refractivity contribution in [1.82, 2.24) is 40.2 Å². The predicted molar refractivity (Wildman–Crippen MR) is 300 cm³/mol. The van der Waals surface area contributed by atoms with E-state index in [0.29, 0.717) is 49.8 Å². The number of amides is 8. The Balaban J connectivity index is 0.989. The van der Waals surface area contributed by atoms with Crippen molar-refractivity contribution in [3.05, 3.63) is 113 Å². The fraction of sp³-hybridized carbons (Fsp3) is 0.492. The Morgan fingerprint density at radius 2 is 1.59 bits per heavy atom. The molecular weight excluding hydrogens is 1120 g/mol. The number of hydrogen-bond donors (Lipinski definition) is 8. The zero-order chi connectivity index (χ0) is 61.5. The maximum Gasteiger partial charge on any atom is 0.410 e. The van der Waals surface area contributed by atoms with Crippen LogP contribution in [0.4, 0.5) is 32.8 Å². The van der Waals surface area contributed by atoms with Gasteiger partial charge in [-0.1, -0.05) is 32.4 Å². The molecule has 3 aliphatic rings. The summed E-state index contributed by atoms with van der Waals surface area (Å²) in [5.74, 6) is -6.92. The second kappa shape index (κ2) is 30.1. The SMILES string of the molecule is CC(C)[C@H](NC(=O)CCCCCN1C(=O)C=CC1=O)C(=O)N[C@@H](CCCNC(N)=O)C(O)Nc1ccc(COC(=O)N2C[C@@H](CN(C(=O)[C@H](C)O)[C@@H](c3nc(-c4cc(F)ccc4F)cn3Cc3cc(O)cc(F)c3)C3CCOCC3)[C@@H](F)C2)cc1. The number of nitrogens with two attached hydrogens (primary N) is 1. The summed E-state index contributed by atoms with van der Waals surface area (Å²) in [5, 5.41) is 43.6. The molecule has 3 aromatic carbocycles. The molecule has 0 aliphatic carbocycles. The zero-order valence-electron chi connectivity index (χ0n) is 47.6. The largest absolute Gasteiger partial charge is 0.508 e. The van der Waals surface area contributed by atoms with E-state index in [4.69, 9.17) is 20.2 Å². The molecule has 0 bridgehead atoms. The number of nitrogens with zero attached hydrogens (tertiary/aromatic N) is 5. The lowest BCUT2D eigenvalue weighted by atomic mass is 9.88. The number of nitrogens with one attached hydrogen (secondary N) is 4. The lowest BCUT2D eigenvalue weighted by molar-refractivity contribution is -0.145. The highest BCUT2D eigenvalue weighted by molar-refractivity contribution is 6.12. The molecule has 2 saturated heterocycles. The number of aromatic nitrogens is 2. The standard InChI is InChI=1S/C59H74F4N10O12/c1-34(2)52(69-49(76)9-5-4-6-21-72-50(77)16-17-51(72)78)56(80)68-47(8-7-20-65-58(64)82)55(79)66-42-13-10-36(11-14-42)33-85-59(83)71-29-39(46(63)31-71)30-73(57(81)35(3)74)53(38-18-22-84-23-19-38)54-67-48(44-27-40(60)12-15-45(44)62)32-70(54)28-37-24-41(61)26-43(75)25-37/h10-17,24-27,32,34-35,38-39,46-47,52-53,55,66,74-75,79H,4-9,18-23,28-31,33H2,1-3H3,(H,68,80)(H,69,76)(H3,64,65,82)/t35-,39-,46-,47-,52-,53+,55?/m0/s1. The summed E-state index contributed by atoms with van der Waals surface area (Å²) in [6, 6.07) is 8.87. The van der Waals surface area contributed by atoms with Crippen LogP contribution in [0.15, 0.2) is 79.0 Å². The van der Waals surface area contributed by atoms with E-state index in [-0.39, 0.29) is 117 Å². The van der Waals surface area contributed by atoms with Gasteiger partial charge in [0.1, 0.15) is 60.2 Å². The van der Waals surface area contributed by atoms with Gasteiger partial charge in [0.25, 0.3) is 17.7 Å². The van der Waals surface area contributed by atoms with E-state index < -0.39 is 96.4 Å². The number of primary amides is 1. The molecular formula is C59H74F4N10O12. The molecule has 8 amide bonds. The van der Waals surface area contributed by atoms with Crippen LogP contribution in [0.2, 0.25) is 0 Å². The highest BCUT2D eigenvalue weighted by Gasteiger charge is 2.44. The monoisotopic (exact) mass is 1190 g/mol. The molecule has 0 spiro atoms. The first kappa shape index (κ1) is 64.5. The minimum atomic E-state index is -1.69. The number of aliphatic hydroxyl groups excluding tert-OH is 2. The second-order valence-corrected chi connectivity index (χ2v) is 21.9. The van der Waals surface area contributed by atoms with Crippen molar-refractivity contribution in [2.75, 3.05) is 51.3 Å². The first-order chi connectivity index (χ1) is 40.5. The Morgan fingerprint density at radius 3 is 2.26 bits per heavy atom. The number of phenolic OH excluding ortho intramolecular Hbond substituents is 1. The van der Waals surface area contributed by atoms with Crippen LogP contribution in [-0.4, -0.2) is 158 Å². The Bertz CT molecular complexity index is 2990. The number of ether oxygens (including phenoxy) is 2. The lowest BCUT2D eigenvalue weighted by Gasteiger charge is -2.40. The third kappa shape index (κ3) is 18.0. The topological polar surface area (TPSA) is 300 Å². The van der Waals surface area contributed by atoms with Gasteiger partial charge in [-0.2, -0.15) is 0 Å². The van der Waals surface area contributed by atoms with E-state index in [0.717, 1.165) is 34.1 Å². The van der Waals surface area contributed by atoms with Gasteiger partial charge in [0.05, 0.1) is 24.3 Å². The van der Waals surface area contributed by atoms with Gasteiger partial charge in [-0.25, -0.2) is 32.1 Å². The number of rotatable bonds is 28. The van der Waals surface area contributed by atoms with Gasteiger partial charge in [0, 0.05) is 93.9 Å². The van der Waals surface area contributed by atoms with Crippen molar-refractivity contribution in [3.63, 3.8) is 0 Å². The average molecular weight is 1190 g/mol. The number of imide groups is 1.